The average Bonchev–Trinajstić information content (AvgIpc) is 2.60. The molecule has 0 saturated heterocycles. The number of carbonyl (C=O) groups excluding carboxylic acids is 1. The molecule has 2 aromatic rings. The van der Waals surface area contributed by atoms with Gasteiger partial charge in [-0.15, -0.1) is 0 Å². The maximum absolute atomic E-state index is 12.4. The van der Waals surface area contributed by atoms with Crippen molar-refractivity contribution in [3.8, 4) is 0 Å². The summed E-state index contributed by atoms with van der Waals surface area (Å²) in [5.41, 5.74) is 3.60. The quantitative estimate of drug-likeness (QED) is 0.733. The monoisotopic (exact) mass is 388 g/mol. The Balaban J connectivity index is 2.02. The summed E-state index contributed by atoms with van der Waals surface area (Å²) >= 11 is 0. The van der Waals surface area contributed by atoms with Crippen molar-refractivity contribution in [2.24, 2.45) is 0 Å². The molecule has 1 amide bonds. The molecule has 0 atom stereocenters. The van der Waals surface area contributed by atoms with Gasteiger partial charge in [0.1, 0.15) is 0 Å². The van der Waals surface area contributed by atoms with Crippen molar-refractivity contribution in [1.82, 2.24) is 0 Å². The average molecular weight is 389 g/mol. The zero-order valence-corrected chi connectivity index (χ0v) is 17.2. The number of sulfonamides is 1. The maximum atomic E-state index is 12.4. The number of nitrogens with zero attached hydrogens (tertiary/aromatic N) is 1. The number of anilines is 2. The van der Waals surface area contributed by atoms with E-state index in [1.165, 1.54) is 10.6 Å². The highest BCUT2D eigenvalue weighted by Gasteiger charge is 2.18. The zero-order valence-electron chi connectivity index (χ0n) is 16.4. The fourth-order valence-electron chi connectivity index (χ4n) is 3.01. The lowest BCUT2D eigenvalue weighted by Gasteiger charge is -2.22. The van der Waals surface area contributed by atoms with Gasteiger partial charge in [0.15, 0.2) is 0 Å². The third-order valence-corrected chi connectivity index (χ3v) is 5.60. The molecule has 0 aliphatic heterocycles. The number of rotatable bonds is 8. The molecule has 0 heterocycles. The van der Waals surface area contributed by atoms with Crippen LogP contribution in [0.15, 0.2) is 48.5 Å². The second-order valence-electron chi connectivity index (χ2n) is 7.02. The summed E-state index contributed by atoms with van der Waals surface area (Å²) in [6, 6.07) is 14.9. The van der Waals surface area contributed by atoms with Crippen molar-refractivity contribution in [3.63, 3.8) is 0 Å². The fraction of sp³-hybridized carbons (Fsp3) is 0.381. The van der Waals surface area contributed by atoms with E-state index < -0.39 is 10.0 Å². The molecule has 0 aliphatic carbocycles. The highest BCUT2D eigenvalue weighted by atomic mass is 32.2. The van der Waals surface area contributed by atoms with E-state index in [1.54, 1.807) is 24.3 Å². The van der Waals surface area contributed by atoms with E-state index >= 15 is 0 Å². The molecule has 1 N–H and O–H groups in total. The normalized spacial score (nSPS) is 11.4. The zero-order chi connectivity index (χ0) is 20.0. The van der Waals surface area contributed by atoms with Gasteiger partial charge >= 0.3 is 0 Å². The van der Waals surface area contributed by atoms with Crippen LogP contribution in [0.2, 0.25) is 0 Å². The Kier molecular flexibility index (Phi) is 7.02. The Morgan fingerprint density at radius 2 is 1.74 bits per heavy atom. The highest BCUT2D eigenvalue weighted by Crippen LogP contribution is 2.27. The summed E-state index contributed by atoms with van der Waals surface area (Å²) in [5, 5.41) is 3.01. The summed E-state index contributed by atoms with van der Waals surface area (Å²) < 4.78 is 25.5. The highest BCUT2D eigenvalue weighted by molar-refractivity contribution is 7.92. The molecule has 2 aromatic carbocycles. The minimum Gasteiger partial charge on any atom is -0.326 e. The molecule has 2 rings (SSSR count). The summed E-state index contributed by atoms with van der Waals surface area (Å²) in [6.07, 6.45) is 1.88. The Morgan fingerprint density at radius 3 is 2.33 bits per heavy atom. The van der Waals surface area contributed by atoms with Crippen LogP contribution in [0.4, 0.5) is 11.4 Å². The van der Waals surface area contributed by atoms with Crippen molar-refractivity contribution in [2.75, 3.05) is 22.4 Å². The van der Waals surface area contributed by atoms with Gasteiger partial charge in [-0.25, -0.2) is 8.42 Å². The van der Waals surface area contributed by atoms with Gasteiger partial charge < -0.3 is 5.32 Å². The first-order valence-electron chi connectivity index (χ1n) is 9.12. The molecule has 0 fully saturated rings. The van der Waals surface area contributed by atoms with Gasteiger partial charge in [0.2, 0.25) is 15.9 Å². The van der Waals surface area contributed by atoms with Gasteiger partial charge in [0, 0.05) is 18.7 Å². The summed E-state index contributed by atoms with van der Waals surface area (Å²) in [7, 11) is -3.40. The first-order chi connectivity index (χ1) is 12.7. The number of aryl methyl sites for hydroxylation is 1. The number of amides is 1. The number of para-hydroxylation sites is 2. The minimum atomic E-state index is -3.40. The SMILES string of the molecule is Cc1cccc(C(C)C)c1NC(=O)CCCN(c1ccccc1)S(C)(=O)=O. The summed E-state index contributed by atoms with van der Waals surface area (Å²) in [5.74, 6) is 0.201. The molecule has 0 unspecified atom stereocenters. The van der Waals surface area contributed by atoms with Crippen LogP contribution in [0.5, 0.6) is 0 Å². The number of hydrogen-bond acceptors (Lipinski definition) is 3. The largest absolute Gasteiger partial charge is 0.326 e. The Bertz CT molecular complexity index is 878. The fourth-order valence-corrected chi connectivity index (χ4v) is 3.97. The van der Waals surface area contributed by atoms with E-state index in [0.29, 0.717) is 18.0 Å². The van der Waals surface area contributed by atoms with Gasteiger partial charge in [0.05, 0.1) is 11.9 Å². The van der Waals surface area contributed by atoms with E-state index in [9.17, 15) is 13.2 Å². The molecule has 27 heavy (non-hydrogen) atoms. The molecule has 0 aliphatic rings. The predicted molar refractivity (Wildman–Crippen MR) is 112 cm³/mol. The maximum Gasteiger partial charge on any atom is 0.232 e. The Labute approximate surface area is 162 Å². The van der Waals surface area contributed by atoms with Crippen LogP contribution in [0.1, 0.15) is 43.7 Å². The number of carbonyl (C=O) groups is 1. The third kappa shape index (κ3) is 5.82. The second-order valence-corrected chi connectivity index (χ2v) is 8.92. The van der Waals surface area contributed by atoms with Crippen molar-refractivity contribution >= 4 is 27.3 Å². The van der Waals surface area contributed by atoms with Gasteiger partial charge in [-0.05, 0) is 42.5 Å². The Hall–Kier alpha value is -2.34. The van der Waals surface area contributed by atoms with Gasteiger partial charge in [-0.2, -0.15) is 0 Å². The summed E-state index contributed by atoms with van der Waals surface area (Å²) in [4.78, 5) is 12.4. The van der Waals surface area contributed by atoms with E-state index in [-0.39, 0.29) is 18.9 Å². The molecule has 146 valence electrons. The third-order valence-electron chi connectivity index (χ3n) is 4.40. The van der Waals surface area contributed by atoms with Crippen LogP contribution in [0, 0.1) is 6.92 Å². The van der Waals surface area contributed by atoms with Crippen LogP contribution in [0.25, 0.3) is 0 Å². The molecule has 0 saturated carbocycles. The van der Waals surface area contributed by atoms with Gasteiger partial charge in [-0.1, -0.05) is 50.2 Å². The van der Waals surface area contributed by atoms with Crippen LogP contribution >= 0.6 is 0 Å². The lowest BCUT2D eigenvalue weighted by atomic mass is 9.98. The molecular weight excluding hydrogens is 360 g/mol. The van der Waals surface area contributed by atoms with E-state index in [1.807, 2.05) is 31.2 Å². The molecule has 0 spiro atoms. The van der Waals surface area contributed by atoms with E-state index in [4.69, 9.17) is 0 Å². The minimum absolute atomic E-state index is 0.104. The predicted octanol–water partition coefficient (Wildman–Crippen LogP) is 4.30. The lowest BCUT2D eigenvalue weighted by Crippen LogP contribution is -2.31. The molecule has 0 radical (unpaired) electrons. The Morgan fingerprint density at radius 1 is 1.07 bits per heavy atom. The standard InChI is InChI=1S/C21H28N2O3S/c1-16(2)19-13-8-10-17(3)21(19)22-20(24)14-9-15-23(27(4,25)26)18-11-6-5-7-12-18/h5-8,10-13,16H,9,14-15H2,1-4H3,(H,22,24). The van der Waals surface area contributed by atoms with Gasteiger partial charge in [0.25, 0.3) is 0 Å². The topological polar surface area (TPSA) is 66.5 Å². The van der Waals surface area contributed by atoms with E-state index in [0.717, 1.165) is 16.8 Å². The van der Waals surface area contributed by atoms with Crippen LogP contribution < -0.4 is 9.62 Å². The first-order valence-corrected chi connectivity index (χ1v) is 11.0. The molecule has 6 heteroatoms. The molecule has 5 nitrogen and oxygen atoms in total. The van der Waals surface area contributed by atoms with Crippen molar-refractivity contribution < 1.29 is 13.2 Å². The molecule has 0 bridgehead atoms. The van der Waals surface area contributed by atoms with Crippen molar-refractivity contribution in [1.29, 1.82) is 0 Å². The number of benzene rings is 2. The van der Waals surface area contributed by atoms with Crippen LogP contribution in [0.3, 0.4) is 0 Å². The smallest absolute Gasteiger partial charge is 0.232 e. The lowest BCUT2D eigenvalue weighted by molar-refractivity contribution is -0.116. The van der Waals surface area contributed by atoms with Crippen molar-refractivity contribution in [2.45, 2.75) is 39.5 Å². The molecular formula is C21H28N2O3S. The molecule has 0 aromatic heterocycles. The van der Waals surface area contributed by atoms with Crippen molar-refractivity contribution in [3.05, 3.63) is 59.7 Å². The van der Waals surface area contributed by atoms with Crippen LogP contribution in [-0.4, -0.2) is 27.1 Å². The number of nitrogens with one attached hydrogen (secondary N) is 1. The van der Waals surface area contributed by atoms with Gasteiger partial charge in [-0.3, -0.25) is 9.10 Å². The second kappa shape index (κ2) is 9.04. The first kappa shape index (κ1) is 21.0. The summed E-state index contributed by atoms with van der Waals surface area (Å²) in [6.45, 7) is 6.42. The van der Waals surface area contributed by atoms with E-state index in [2.05, 4.69) is 19.2 Å². The van der Waals surface area contributed by atoms with Crippen LogP contribution in [-0.2, 0) is 14.8 Å². The number of hydrogen-bond donors (Lipinski definition) is 1.